The van der Waals surface area contributed by atoms with Crippen LogP contribution in [0.25, 0.3) is 0 Å². The van der Waals surface area contributed by atoms with Crippen molar-refractivity contribution in [1.82, 2.24) is 10.6 Å². The van der Waals surface area contributed by atoms with E-state index in [4.69, 9.17) is 0 Å². The van der Waals surface area contributed by atoms with Crippen molar-refractivity contribution in [1.29, 1.82) is 0 Å². The van der Waals surface area contributed by atoms with E-state index < -0.39 is 0 Å². The second-order valence-corrected chi connectivity index (χ2v) is 5.30. The Kier molecular flexibility index (Phi) is 6.89. The number of carbonyl (C=O) groups is 1. The van der Waals surface area contributed by atoms with Crippen LogP contribution in [0, 0.1) is 0 Å². The van der Waals surface area contributed by atoms with Crippen molar-refractivity contribution >= 4 is 17.2 Å². The van der Waals surface area contributed by atoms with E-state index in [1.165, 1.54) is 4.88 Å². The normalized spacial score (nSPS) is 12.4. The minimum atomic E-state index is 0.0946. The molecule has 1 aromatic rings. The Morgan fingerprint density at radius 2 is 2.35 bits per heavy atom. The summed E-state index contributed by atoms with van der Waals surface area (Å²) in [5, 5.41) is 8.22. The minimum Gasteiger partial charge on any atom is -0.353 e. The van der Waals surface area contributed by atoms with Crippen LogP contribution in [0.5, 0.6) is 0 Å². The largest absolute Gasteiger partial charge is 0.353 e. The summed E-state index contributed by atoms with van der Waals surface area (Å²) in [6, 6.07) is 4.46. The zero-order valence-corrected chi connectivity index (χ0v) is 11.5. The van der Waals surface area contributed by atoms with Crippen molar-refractivity contribution in [2.45, 2.75) is 39.2 Å². The monoisotopic (exact) mass is 254 g/mol. The van der Waals surface area contributed by atoms with Crippen molar-refractivity contribution in [3.8, 4) is 0 Å². The molecule has 0 aliphatic rings. The molecule has 0 saturated heterocycles. The molecular weight excluding hydrogens is 232 g/mol. The van der Waals surface area contributed by atoms with E-state index >= 15 is 0 Å². The van der Waals surface area contributed by atoms with Crippen LogP contribution in [-0.4, -0.2) is 25.0 Å². The molecule has 17 heavy (non-hydrogen) atoms. The number of rotatable bonds is 8. The fourth-order valence-corrected chi connectivity index (χ4v) is 2.41. The number of thiophene rings is 1. The second-order valence-electron chi connectivity index (χ2n) is 4.26. The van der Waals surface area contributed by atoms with E-state index in [0.29, 0.717) is 6.54 Å². The molecule has 2 N–H and O–H groups in total. The smallest absolute Gasteiger partial charge is 0.234 e. The van der Waals surface area contributed by atoms with Gasteiger partial charge in [-0.2, -0.15) is 0 Å². The Bertz CT molecular complexity index is 311. The SMILES string of the molecule is CCCC(C)NC(=O)CNCCc1cccs1. The molecule has 1 amide bonds. The molecule has 1 unspecified atom stereocenters. The van der Waals surface area contributed by atoms with Gasteiger partial charge in [-0.05, 0) is 31.2 Å². The van der Waals surface area contributed by atoms with E-state index in [0.717, 1.165) is 25.8 Å². The number of hydrogen-bond acceptors (Lipinski definition) is 3. The fourth-order valence-electron chi connectivity index (χ4n) is 1.70. The van der Waals surface area contributed by atoms with Gasteiger partial charge in [-0.1, -0.05) is 19.4 Å². The Morgan fingerprint density at radius 1 is 1.53 bits per heavy atom. The first-order chi connectivity index (χ1) is 8.22. The average Bonchev–Trinajstić information content (AvgIpc) is 2.77. The van der Waals surface area contributed by atoms with E-state index in [9.17, 15) is 4.79 Å². The number of amides is 1. The lowest BCUT2D eigenvalue weighted by Gasteiger charge is -2.12. The summed E-state index contributed by atoms with van der Waals surface area (Å²) < 4.78 is 0. The summed E-state index contributed by atoms with van der Waals surface area (Å²) in [6.45, 7) is 5.45. The molecule has 0 bridgehead atoms. The molecule has 1 rings (SSSR count). The van der Waals surface area contributed by atoms with Crippen LogP contribution in [0.3, 0.4) is 0 Å². The molecule has 0 radical (unpaired) electrons. The average molecular weight is 254 g/mol. The predicted octanol–water partition coefficient (Wildman–Crippen LogP) is 2.18. The summed E-state index contributed by atoms with van der Waals surface area (Å²) in [4.78, 5) is 12.9. The minimum absolute atomic E-state index is 0.0946. The molecule has 0 fully saturated rings. The Balaban J connectivity index is 2.04. The topological polar surface area (TPSA) is 41.1 Å². The zero-order chi connectivity index (χ0) is 12.5. The zero-order valence-electron chi connectivity index (χ0n) is 10.7. The molecule has 0 saturated carbocycles. The highest BCUT2D eigenvalue weighted by atomic mass is 32.1. The van der Waals surface area contributed by atoms with Gasteiger partial charge in [0.1, 0.15) is 0 Å². The highest BCUT2D eigenvalue weighted by Crippen LogP contribution is 2.07. The molecule has 96 valence electrons. The molecular formula is C13H22N2OS. The summed E-state index contributed by atoms with van der Waals surface area (Å²) in [6.07, 6.45) is 3.14. The predicted molar refractivity (Wildman–Crippen MR) is 73.4 cm³/mol. The lowest BCUT2D eigenvalue weighted by Crippen LogP contribution is -2.39. The van der Waals surface area contributed by atoms with Gasteiger partial charge in [0.2, 0.25) is 5.91 Å². The molecule has 0 aromatic carbocycles. The third-order valence-corrected chi connectivity index (χ3v) is 3.48. The molecule has 0 spiro atoms. The van der Waals surface area contributed by atoms with E-state index in [1.807, 2.05) is 6.92 Å². The first-order valence-corrected chi connectivity index (χ1v) is 7.12. The van der Waals surface area contributed by atoms with Gasteiger partial charge in [-0.3, -0.25) is 4.79 Å². The molecule has 1 heterocycles. The number of nitrogens with one attached hydrogen (secondary N) is 2. The summed E-state index contributed by atoms with van der Waals surface area (Å²) in [5.41, 5.74) is 0. The standard InChI is InChI=1S/C13H22N2OS/c1-3-5-11(2)15-13(16)10-14-8-7-12-6-4-9-17-12/h4,6,9,11,14H,3,5,7-8,10H2,1-2H3,(H,15,16). The molecule has 1 atom stereocenters. The van der Waals surface area contributed by atoms with Gasteiger partial charge >= 0.3 is 0 Å². The highest BCUT2D eigenvalue weighted by Gasteiger charge is 2.05. The number of hydrogen-bond donors (Lipinski definition) is 2. The van der Waals surface area contributed by atoms with E-state index in [-0.39, 0.29) is 11.9 Å². The van der Waals surface area contributed by atoms with Crippen LogP contribution in [0.15, 0.2) is 17.5 Å². The van der Waals surface area contributed by atoms with Crippen molar-refractivity contribution in [2.75, 3.05) is 13.1 Å². The maximum atomic E-state index is 11.5. The Labute approximate surface area is 108 Å². The van der Waals surface area contributed by atoms with Crippen LogP contribution in [0.1, 0.15) is 31.6 Å². The lowest BCUT2D eigenvalue weighted by molar-refractivity contribution is -0.120. The van der Waals surface area contributed by atoms with Gasteiger partial charge in [0.15, 0.2) is 0 Å². The van der Waals surface area contributed by atoms with Gasteiger partial charge in [0.05, 0.1) is 6.54 Å². The Hall–Kier alpha value is -0.870. The molecule has 4 heteroatoms. The van der Waals surface area contributed by atoms with Crippen molar-refractivity contribution in [3.05, 3.63) is 22.4 Å². The fraction of sp³-hybridized carbons (Fsp3) is 0.615. The van der Waals surface area contributed by atoms with Gasteiger partial charge in [0, 0.05) is 17.5 Å². The maximum Gasteiger partial charge on any atom is 0.234 e. The third kappa shape index (κ3) is 6.44. The first-order valence-electron chi connectivity index (χ1n) is 6.24. The van der Waals surface area contributed by atoms with Crippen molar-refractivity contribution in [3.63, 3.8) is 0 Å². The Morgan fingerprint density at radius 3 is 3.00 bits per heavy atom. The summed E-state index contributed by atoms with van der Waals surface area (Å²) in [5.74, 6) is 0.0946. The van der Waals surface area contributed by atoms with Crippen LogP contribution < -0.4 is 10.6 Å². The van der Waals surface area contributed by atoms with Crippen LogP contribution in [0.2, 0.25) is 0 Å². The van der Waals surface area contributed by atoms with Crippen LogP contribution in [0.4, 0.5) is 0 Å². The van der Waals surface area contributed by atoms with Gasteiger partial charge in [0.25, 0.3) is 0 Å². The van der Waals surface area contributed by atoms with Gasteiger partial charge < -0.3 is 10.6 Å². The molecule has 1 aromatic heterocycles. The van der Waals surface area contributed by atoms with Crippen molar-refractivity contribution in [2.24, 2.45) is 0 Å². The van der Waals surface area contributed by atoms with E-state index in [1.54, 1.807) is 11.3 Å². The second kappa shape index (κ2) is 8.25. The van der Waals surface area contributed by atoms with Crippen LogP contribution in [-0.2, 0) is 11.2 Å². The van der Waals surface area contributed by atoms with E-state index in [2.05, 4.69) is 35.1 Å². The van der Waals surface area contributed by atoms with Crippen molar-refractivity contribution < 1.29 is 4.79 Å². The third-order valence-electron chi connectivity index (χ3n) is 2.54. The first kappa shape index (κ1) is 14.2. The molecule has 0 aliphatic heterocycles. The van der Waals surface area contributed by atoms with Crippen LogP contribution >= 0.6 is 11.3 Å². The highest BCUT2D eigenvalue weighted by molar-refractivity contribution is 7.09. The van der Waals surface area contributed by atoms with Gasteiger partial charge in [-0.15, -0.1) is 11.3 Å². The number of carbonyl (C=O) groups excluding carboxylic acids is 1. The lowest BCUT2D eigenvalue weighted by atomic mass is 10.2. The quantitative estimate of drug-likeness (QED) is 0.698. The maximum absolute atomic E-state index is 11.5. The molecule has 0 aliphatic carbocycles. The summed E-state index contributed by atoms with van der Waals surface area (Å²) >= 11 is 1.76. The molecule has 3 nitrogen and oxygen atoms in total. The summed E-state index contributed by atoms with van der Waals surface area (Å²) in [7, 11) is 0. The van der Waals surface area contributed by atoms with Gasteiger partial charge in [-0.25, -0.2) is 0 Å².